The fraction of sp³-hybridized carbons (Fsp3) is 0.538. The number of benzene rings is 1. The molecule has 2 nitrogen and oxygen atoms in total. The number of rotatable bonds is 3. The van der Waals surface area contributed by atoms with Crippen LogP contribution < -0.4 is 4.72 Å². The highest BCUT2D eigenvalue weighted by Gasteiger charge is 2.23. The SMILES string of the molecule is Cc1c(C(C)NS(=O)C(C)(C)C)ccc(Br)c1F. The van der Waals surface area contributed by atoms with Crippen molar-refractivity contribution in [3.63, 3.8) is 0 Å². The molecule has 0 amide bonds. The van der Waals surface area contributed by atoms with E-state index in [1.54, 1.807) is 13.0 Å². The van der Waals surface area contributed by atoms with Crippen LogP contribution >= 0.6 is 15.9 Å². The van der Waals surface area contributed by atoms with Gasteiger partial charge in [-0.05, 0) is 67.7 Å². The molecule has 1 aromatic rings. The summed E-state index contributed by atoms with van der Waals surface area (Å²) >= 11 is 3.16. The van der Waals surface area contributed by atoms with Crippen LogP contribution in [-0.2, 0) is 11.0 Å². The van der Waals surface area contributed by atoms with Crippen molar-refractivity contribution in [2.75, 3.05) is 0 Å². The minimum Gasteiger partial charge on any atom is -0.242 e. The quantitative estimate of drug-likeness (QED) is 0.888. The highest BCUT2D eigenvalue weighted by Crippen LogP contribution is 2.26. The predicted molar refractivity (Wildman–Crippen MR) is 78.3 cm³/mol. The first kappa shape index (κ1) is 15.8. The summed E-state index contributed by atoms with van der Waals surface area (Å²) in [6.07, 6.45) is 0. The number of halogens is 2. The Balaban J connectivity index is 2.96. The molecule has 0 aliphatic heterocycles. The third-order valence-electron chi connectivity index (χ3n) is 2.69. The molecule has 0 spiro atoms. The van der Waals surface area contributed by atoms with E-state index in [0.717, 1.165) is 5.56 Å². The third-order valence-corrected chi connectivity index (χ3v) is 4.98. The highest BCUT2D eigenvalue weighted by molar-refractivity contribution is 9.10. The van der Waals surface area contributed by atoms with Gasteiger partial charge in [-0.3, -0.25) is 0 Å². The van der Waals surface area contributed by atoms with E-state index in [1.807, 2.05) is 33.8 Å². The molecule has 1 N–H and O–H groups in total. The summed E-state index contributed by atoms with van der Waals surface area (Å²) in [5, 5.41) is 0. The smallest absolute Gasteiger partial charge is 0.140 e. The van der Waals surface area contributed by atoms with Gasteiger partial charge >= 0.3 is 0 Å². The Bertz CT molecular complexity index is 471. The second kappa shape index (κ2) is 5.80. The molecule has 0 bridgehead atoms. The molecule has 102 valence electrons. The van der Waals surface area contributed by atoms with Crippen LogP contribution in [0.15, 0.2) is 16.6 Å². The normalized spacial score (nSPS) is 15.5. The van der Waals surface area contributed by atoms with Gasteiger partial charge in [0.1, 0.15) is 5.82 Å². The molecule has 0 aromatic heterocycles. The molecule has 0 heterocycles. The van der Waals surface area contributed by atoms with Gasteiger partial charge in [0.25, 0.3) is 0 Å². The molecule has 2 atom stereocenters. The predicted octanol–water partition coefficient (Wildman–Crippen LogP) is 4.01. The zero-order valence-corrected chi connectivity index (χ0v) is 13.7. The van der Waals surface area contributed by atoms with Crippen molar-refractivity contribution in [2.45, 2.75) is 45.4 Å². The zero-order valence-electron chi connectivity index (χ0n) is 11.3. The standard InChI is InChI=1S/C13H19BrFNOS/c1-8-10(6-7-11(14)12(8)15)9(2)16-18(17)13(3,4)5/h6-7,9,16H,1-5H3. The van der Waals surface area contributed by atoms with Gasteiger partial charge in [0, 0.05) is 6.04 Å². The lowest BCUT2D eigenvalue weighted by molar-refractivity contribution is 0.593. The maximum absolute atomic E-state index is 13.8. The fourth-order valence-corrected chi connectivity index (χ4v) is 2.77. The highest BCUT2D eigenvalue weighted by atomic mass is 79.9. The Labute approximate surface area is 119 Å². The van der Waals surface area contributed by atoms with Crippen molar-refractivity contribution in [1.82, 2.24) is 4.72 Å². The molecule has 5 heteroatoms. The van der Waals surface area contributed by atoms with E-state index >= 15 is 0 Å². The Hall–Kier alpha value is -0.260. The molecule has 0 fully saturated rings. The van der Waals surface area contributed by atoms with Crippen molar-refractivity contribution in [1.29, 1.82) is 0 Å². The summed E-state index contributed by atoms with van der Waals surface area (Å²) in [5.41, 5.74) is 1.41. The summed E-state index contributed by atoms with van der Waals surface area (Å²) < 4.78 is 28.9. The largest absolute Gasteiger partial charge is 0.242 e. The molecule has 0 aliphatic carbocycles. The molecular weight excluding hydrogens is 317 g/mol. The summed E-state index contributed by atoms with van der Waals surface area (Å²) in [4.78, 5) is 0. The Morgan fingerprint density at radius 3 is 2.44 bits per heavy atom. The van der Waals surface area contributed by atoms with Gasteiger partial charge < -0.3 is 0 Å². The molecular formula is C13H19BrFNOS. The van der Waals surface area contributed by atoms with E-state index < -0.39 is 11.0 Å². The first-order valence-corrected chi connectivity index (χ1v) is 7.71. The van der Waals surface area contributed by atoms with Crippen molar-refractivity contribution in [2.24, 2.45) is 0 Å². The van der Waals surface area contributed by atoms with Crippen LogP contribution in [0.3, 0.4) is 0 Å². The van der Waals surface area contributed by atoms with Crippen molar-refractivity contribution in [3.05, 3.63) is 33.5 Å². The number of hydrogen-bond acceptors (Lipinski definition) is 1. The number of nitrogens with one attached hydrogen (secondary N) is 1. The van der Waals surface area contributed by atoms with E-state index in [4.69, 9.17) is 0 Å². The molecule has 0 saturated carbocycles. The van der Waals surface area contributed by atoms with Crippen LogP contribution in [0.4, 0.5) is 4.39 Å². The van der Waals surface area contributed by atoms with Crippen molar-refractivity contribution < 1.29 is 8.60 Å². The first-order valence-electron chi connectivity index (χ1n) is 5.77. The van der Waals surface area contributed by atoms with Crippen LogP contribution in [0.5, 0.6) is 0 Å². The summed E-state index contributed by atoms with van der Waals surface area (Å²) in [6.45, 7) is 9.32. The van der Waals surface area contributed by atoms with Gasteiger partial charge in [0.15, 0.2) is 0 Å². The van der Waals surface area contributed by atoms with Crippen molar-refractivity contribution >= 4 is 26.9 Å². The maximum atomic E-state index is 13.8. The lowest BCUT2D eigenvalue weighted by Crippen LogP contribution is -2.35. The lowest BCUT2D eigenvalue weighted by Gasteiger charge is -2.23. The van der Waals surface area contributed by atoms with Gasteiger partial charge in [0.2, 0.25) is 0 Å². The van der Waals surface area contributed by atoms with Crippen LogP contribution in [0, 0.1) is 12.7 Å². The average molecular weight is 336 g/mol. The summed E-state index contributed by atoms with van der Waals surface area (Å²) in [5.74, 6) is -0.261. The average Bonchev–Trinajstić information content (AvgIpc) is 2.24. The van der Waals surface area contributed by atoms with Crippen LogP contribution in [0.2, 0.25) is 0 Å². The topological polar surface area (TPSA) is 29.1 Å². The van der Waals surface area contributed by atoms with Crippen molar-refractivity contribution in [3.8, 4) is 0 Å². The molecule has 0 saturated heterocycles. The van der Waals surface area contributed by atoms with E-state index in [-0.39, 0.29) is 16.6 Å². The van der Waals surface area contributed by atoms with Gasteiger partial charge in [0.05, 0.1) is 20.2 Å². The molecule has 2 unspecified atom stereocenters. The minimum absolute atomic E-state index is 0.160. The first-order chi connectivity index (χ1) is 8.14. The summed E-state index contributed by atoms with van der Waals surface area (Å²) in [6, 6.07) is 3.36. The zero-order chi connectivity index (χ0) is 14.1. The maximum Gasteiger partial charge on any atom is 0.140 e. The van der Waals surface area contributed by atoms with Gasteiger partial charge in [-0.1, -0.05) is 6.07 Å². The molecule has 1 rings (SSSR count). The molecule has 1 aromatic carbocycles. The third kappa shape index (κ3) is 3.62. The van der Waals surface area contributed by atoms with Gasteiger partial charge in [-0.25, -0.2) is 13.3 Å². The van der Waals surface area contributed by atoms with Crippen LogP contribution in [-0.4, -0.2) is 8.96 Å². The molecule has 18 heavy (non-hydrogen) atoms. The second-order valence-electron chi connectivity index (χ2n) is 5.30. The summed E-state index contributed by atoms with van der Waals surface area (Å²) in [7, 11) is -1.17. The Kier molecular flexibility index (Phi) is 5.09. The van der Waals surface area contributed by atoms with E-state index in [9.17, 15) is 8.60 Å². The van der Waals surface area contributed by atoms with Crippen LogP contribution in [0.25, 0.3) is 0 Å². The van der Waals surface area contributed by atoms with Crippen LogP contribution in [0.1, 0.15) is 44.9 Å². The number of hydrogen-bond donors (Lipinski definition) is 1. The Morgan fingerprint density at radius 2 is 1.94 bits per heavy atom. The van der Waals surface area contributed by atoms with E-state index in [0.29, 0.717) is 10.0 Å². The minimum atomic E-state index is -1.17. The monoisotopic (exact) mass is 335 g/mol. The lowest BCUT2D eigenvalue weighted by atomic mass is 10.0. The Morgan fingerprint density at radius 1 is 1.39 bits per heavy atom. The molecule has 0 aliphatic rings. The second-order valence-corrected chi connectivity index (χ2v) is 8.15. The fourth-order valence-electron chi connectivity index (χ4n) is 1.54. The van der Waals surface area contributed by atoms with Gasteiger partial charge in [-0.15, -0.1) is 0 Å². The van der Waals surface area contributed by atoms with Gasteiger partial charge in [-0.2, -0.15) is 0 Å². The van der Waals surface area contributed by atoms with E-state index in [1.165, 1.54) is 0 Å². The molecule has 0 radical (unpaired) electrons. The van der Waals surface area contributed by atoms with E-state index in [2.05, 4.69) is 20.7 Å².